The number of benzene rings is 1. The number of carbonyl (C=O) groups is 1. The van der Waals surface area contributed by atoms with Gasteiger partial charge in [0.05, 0.1) is 11.1 Å². The van der Waals surface area contributed by atoms with Crippen molar-refractivity contribution in [3.05, 3.63) is 46.1 Å². The van der Waals surface area contributed by atoms with Gasteiger partial charge in [0.25, 0.3) is 5.56 Å². The molecule has 1 atom stereocenters. The van der Waals surface area contributed by atoms with Crippen molar-refractivity contribution in [2.45, 2.75) is 44.9 Å². The van der Waals surface area contributed by atoms with E-state index in [1.165, 1.54) is 23.1 Å². The van der Waals surface area contributed by atoms with Gasteiger partial charge in [-0.25, -0.2) is 4.98 Å². The van der Waals surface area contributed by atoms with Crippen LogP contribution >= 0.6 is 23.1 Å². The minimum atomic E-state index is -0.0487. The Balaban J connectivity index is 1.94. The van der Waals surface area contributed by atoms with E-state index in [0.717, 1.165) is 17.5 Å². The molecule has 142 valence electrons. The molecular formula is C20H23N3O2S2. The monoisotopic (exact) mass is 401 g/mol. The predicted molar refractivity (Wildman–Crippen MR) is 114 cm³/mol. The molecule has 0 spiro atoms. The number of hydrogen-bond acceptors (Lipinski definition) is 5. The molecule has 27 heavy (non-hydrogen) atoms. The molecule has 1 aromatic carbocycles. The van der Waals surface area contributed by atoms with Crippen molar-refractivity contribution in [1.82, 2.24) is 14.9 Å². The summed E-state index contributed by atoms with van der Waals surface area (Å²) in [5, 5.41) is 6.17. The van der Waals surface area contributed by atoms with Gasteiger partial charge in [0.1, 0.15) is 4.83 Å². The van der Waals surface area contributed by atoms with E-state index in [-0.39, 0.29) is 23.3 Å². The zero-order chi connectivity index (χ0) is 19.4. The Kier molecular flexibility index (Phi) is 6.34. The molecule has 1 amide bonds. The number of carbonyl (C=O) groups excluding carboxylic acids is 1. The van der Waals surface area contributed by atoms with Gasteiger partial charge in [-0.05, 0) is 25.8 Å². The van der Waals surface area contributed by atoms with Crippen LogP contribution in [-0.2, 0) is 11.3 Å². The molecule has 7 heteroatoms. The third-order valence-electron chi connectivity index (χ3n) is 4.41. The van der Waals surface area contributed by atoms with Gasteiger partial charge in [-0.1, -0.05) is 49.0 Å². The van der Waals surface area contributed by atoms with Crippen LogP contribution in [0.25, 0.3) is 21.3 Å². The van der Waals surface area contributed by atoms with Crippen LogP contribution in [0.4, 0.5) is 0 Å². The van der Waals surface area contributed by atoms with Crippen molar-refractivity contribution in [2.24, 2.45) is 0 Å². The molecule has 3 rings (SSSR count). The fourth-order valence-corrected chi connectivity index (χ4v) is 4.64. The summed E-state index contributed by atoms with van der Waals surface area (Å²) in [4.78, 5) is 30.6. The third-order valence-corrected chi connectivity index (χ3v) is 6.26. The highest BCUT2D eigenvalue weighted by atomic mass is 32.2. The van der Waals surface area contributed by atoms with E-state index in [4.69, 9.17) is 0 Å². The normalized spacial score (nSPS) is 12.3. The Morgan fingerprint density at radius 2 is 2.04 bits per heavy atom. The molecule has 2 heterocycles. The summed E-state index contributed by atoms with van der Waals surface area (Å²) in [6.07, 6.45) is 0.887. The summed E-state index contributed by atoms with van der Waals surface area (Å²) >= 11 is 2.78. The molecule has 0 unspecified atom stereocenters. The van der Waals surface area contributed by atoms with Crippen LogP contribution < -0.4 is 10.9 Å². The Morgan fingerprint density at radius 3 is 2.70 bits per heavy atom. The number of thiophene rings is 1. The molecule has 0 saturated heterocycles. The molecule has 0 radical (unpaired) electrons. The van der Waals surface area contributed by atoms with Crippen LogP contribution in [0.1, 0.15) is 27.2 Å². The van der Waals surface area contributed by atoms with Gasteiger partial charge < -0.3 is 5.32 Å². The predicted octanol–water partition coefficient (Wildman–Crippen LogP) is 4.15. The van der Waals surface area contributed by atoms with E-state index in [1.54, 1.807) is 4.57 Å². The zero-order valence-corrected chi connectivity index (χ0v) is 17.3. The van der Waals surface area contributed by atoms with E-state index < -0.39 is 0 Å². The number of thioether (sulfide) groups is 1. The number of aromatic nitrogens is 2. The highest BCUT2D eigenvalue weighted by Gasteiger charge is 2.17. The second-order valence-corrected chi connectivity index (χ2v) is 8.11. The van der Waals surface area contributed by atoms with Gasteiger partial charge in [0.2, 0.25) is 5.91 Å². The lowest BCUT2D eigenvalue weighted by Crippen LogP contribution is -2.33. The van der Waals surface area contributed by atoms with Gasteiger partial charge in [0.15, 0.2) is 5.16 Å². The van der Waals surface area contributed by atoms with E-state index in [0.29, 0.717) is 21.9 Å². The van der Waals surface area contributed by atoms with Crippen molar-refractivity contribution in [2.75, 3.05) is 5.75 Å². The minimum absolute atomic E-state index is 0.0393. The molecule has 2 aromatic heterocycles. The molecular weight excluding hydrogens is 378 g/mol. The first-order valence-electron chi connectivity index (χ1n) is 9.04. The standard InChI is InChI=1S/C20H23N3O2S2/c1-4-13(3)21-16(24)12-27-20-22-18-17(19(25)23(20)5-2)15(11-26-18)14-9-7-6-8-10-14/h6-11,13H,4-5,12H2,1-3H3,(H,21,24)/t13-/m0/s1. The largest absolute Gasteiger partial charge is 0.353 e. The molecule has 0 saturated carbocycles. The number of nitrogens with one attached hydrogen (secondary N) is 1. The van der Waals surface area contributed by atoms with Crippen LogP contribution in [0.5, 0.6) is 0 Å². The minimum Gasteiger partial charge on any atom is -0.353 e. The number of fused-ring (bicyclic) bond motifs is 1. The van der Waals surface area contributed by atoms with Crippen LogP contribution in [0, 0.1) is 0 Å². The van der Waals surface area contributed by atoms with E-state index in [2.05, 4.69) is 10.3 Å². The molecule has 5 nitrogen and oxygen atoms in total. The molecule has 0 aliphatic carbocycles. The van der Waals surface area contributed by atoms with E-state index in [1.807, 2.05) is 56.5 Å². The average molecular weight is 402 g/mol. The first-order chi connectivity index (χ1) is 13.0. The number of hydrogen-bond donors (Lipinski definition) is 1. The summed E-state index contributed by atoms with van der Waals surface area (Å²) in [5.74, 6) is 0.210. The van der Waals surface area contributed by atoms with Gasteiger partial charge in [-0.3, -0.25) is 14.2 Å². The second kappa shape index (κ2) is 8.71. The van der Waals surface area contributed by atoms with Gasteiger partial charge in [0, 0.05) is 23.5 Å². The Morgan fingerprint density at radius 1 is 1.30 bits per heavy atom. The Bertz CT molecular complexity index is 996. The topological polar surface area (TPSA) is 64.0 Å². The average Bonchev–Trinajstić information content (AvgIpc) is 3.11. The smallest absolute Gasteiger partial charge is 0.263 e. The second-order valence-electron chi connectivity index (χ2n) is 6.30. The summed E-state index contributed by atoms with van der Waals surface area (Å²) in [7, 11) is 0. The lowest BCUT2D eigenvalue weighted by atomic mass is 10.1. The first-order valence-corrected chi connectivity index (χ1v) is 10.9. The van der Waals surface area contributed by atoms with E-state index in [9.17, 15) is 9.59 Å². The summed E-state index contributed by atoms with van der Waals surface area (Å²) in [6, 6.07) is 10.0. The molecule has 0 fully saturated rings. The van der Waals surface area contributed by atoms with Crippen molar-refractivity contribution in [1.29, 1.82) is 0 Å². The fraction of sp³-hybridized carbons (Fsp3) is 0.350. The van der Waals surface area contributed by atoms with Crippen LogP contribution in [0.15, 0.2) is 45.7 Å². The number of rotatable bonds is 7. The highest BCUT2D eigenvalue weighted by molar-refractivity contribution is 7.99. The Hall–Kier alpha value is -2.12. The molecule has 1 N–H and O–H groups in total. The van der Waals surface area contributed by atoms with Gasteiger partial charge in [-0.2, -0.15) is 0 Å². The van der Waals surface area contributed by atoms with Crippen LogP contribution in [0.3, 0.4) is 0 Å². The summed E-state index contributed by atoms with van der Waals surface area (Å²) < 4.78 is 1.66. The van der Waals surface area contributed by atoms with Crippen molar-refractivity contribution in [3.63, 3.8) is 0 Å². The van der Waals surface area contributed by atoms with Crippen LogP contribution in [-0.4, -0.2) is 27.3 Å². The quantitative estimate of drug-likeness (QED) is 0.477. The van der Waals surface area contributed by atoms with Gasteiger partial charge >= 0.3 is 0 Å². The number of nitrogens with zero attached hydrogens (tertiary/aromatic N) is 2. The summed E-state index contributed by atoms with van der Waals surface area (Å²) in [6.45, 7) is 6.45. The molecule has 3 aromatic rings. The number of amides is 1. The lowest BCUT2D eigenvalue weighted by molar-refractivity contribution is -0.119. The van der Waals surface area contributed by atoms with E-state index >= 15 is 0 Å². The van der Waals surface area contributed by atoms with Crippen molar-refractivity contribution in [3.8, 4) is 11.1 Å². The summed E-state index contributed by atoms with van der Waals surface area (Å²) in [5.41, 5.74) is 1.88. The first kappa shape index (κ1) is 19.6. The molecule has 0 aliphatic heterocycles. The van der Waals surface area contributed by atoms with Crippen LogP contribution in [0.2, 0.25) is 0 Å². The van der Waals surface area contributed by atoms with Crippen molar-refractivity contribution < 1.29 is 4.79 Å². The Labute approximate surface area is 166 Å². The maximum atomic E-state index is 13.1. The lowest BCUT2D eigenvalue weighted by Gasteiger charge is -2.13. The third kappa shape index (κ3) is 4.25. The maximum absolute atomic E-state index is 13.1. The fourth-order valence-electron chi connectivity index (χ4n) is 2.77. The maximum Gasteiger partial charge on any atom is 0.263 e. The molecule has 0 bridgehead atoms. The zero-order valence-electron chi connectivity index (χ0n) is 15.7. The van der Waals surface area contributed by atoms with Crippen molar-refractivity contribution >= 4 is 39.2 Å². The molecule has 0 aliphatic rings. The SMILES string of the molecule is CC[C@H](C)NC(=O)CSc1nc2scc(-c3ccccc3)c2c(=O)n1CC. The highest BCUT2D eigenvalue weighted by Crippen LogP contribution is 2.32. The van der Waals surface area contributed by atoms with Gasteiger partial charge in [-0.15, -0.1) is 11.3 Å².